The lowest BCUT2D eigenvalue weighted by molar-refractivity contribution is -0.152. The molecule has 0 radical (unpaired) electrons. The SMILES string of the molecule is CC(O)C(N)C(=O)NC(Cc1ccc(O)cc1)C(=O)N1CCCC1C(=O)N1CCCC1C(=O)O. The highest BCUT2D eigenvalue weighted by molar-refractivity contribution is 5.95. The number of likely N-dealkylation sites (tertiary alicyclic amines) is 2. The number of phenols is 1. The predicted molar refractivity (Wildman–Crippen MR) is 121 cm³/mol. The molecule has 0 bridgehead atoms. The third kappa shape index (κ3) is 5.65. The minimum absolute atomic E-state index is 0.0515. The van der Waals surface area contributed by atoms with Gasteiger partial charge in [0.05, 0.1) is 6.10 Å². The predicted octanol–water partition coefficient (Wildman–Crippen LogP) is -0.806. The second-order valence-corrected chi connectivity index (χ2v) is 8.92. The van der Waals surface area contributed by atoms with E-state index in [0.717, 1.165) is 0 Å². The van der Waals surface area contributed by atoms with E-state index in [9.17, 15) is 34.5 Å². The average Bonchev–Trinajstić information content (AvgIpc) is 3.48. The van der Waals surface area contributed by atoms with Gasteiger partial charge in [0.25, 0.3) is 0 Å². The molecule has 2 fully saturated rings. The van der Waals surface area contributed by atoms with E-state index in [1.165, 1.54) is 28.9 Å². The zero-order chi connectivity index (χ0) is 25.0. The summed E-state index contributed by atoms with van der Waals surface area (Å²) in [4.78, 5) is 53.6. The van der Waals surface area contributed by atoms with Gasteiger partial charge in [0.15, 0.2) is 0 Å². The number of hydrogen-bond donors (Lipinski definition) is 5. The molecule has 186 valence electrons. The first-order chi connectivity index (χ1) is 16.1. The van der Waals surface area contributed by atoms with Gasteiger partial charge in [-0.25, -0.2) is 4.79 Å². The monoisotopic (exact) mass is 476 g/mol. The van der Waals surface area contributed by atoms with E-state index in [-0.39, 0.29) is 12.2 Å². The standard InChI is InChI=1S/C23H32N4O7/c1-13(28)19(24)20(30)25-16(12-14-6-8-15(29)9-7-14)21(31)26-10-2-4-17(26)22(32)27-11-3-5-18(27)23(33)34/h6-9,13,16-19,28-29H,2-5,10-12,24H2,1H3,(H,25,30)(H,33,34). The first-order valence-electron chi connectivity index (χ1n) is 11.5. The number of aliphatic hydroxyl groups is 1. The highest BCUT2D eigenvalue weighted by Gasteiger charge is 2.43. The van der Waals surface area contributed by atoms with Crippen LogP contribution in [0.5, 0.6) is 5.75 Å². The van der Waals surface area contributed by atoms with Crippen molar-refractivity contribution < 1.29 is 34.5 Å². The van der Waals surface area contributed by atoms with Gasteiger partial charge in [-0.1, -0.05) is 12.1 Å². The van der Waals surface area contributed by atoms with E-state index in [1.54, 1.807) is 12.1 Å². The highest BCUT2D eigenvalue weighted by atomic mass is 16.4. The van der Waals surface area contributed by atoms with Crippen molar-refractivity contribution in [3.8, 4) is 5.75 Å². The summed E-state index contributed by atoms with van der Waals surface area (Å²) in [6, 6.07) is 2.13. The van der Waals surface area contributed by atoms with Gasteiger partial charge in [-0.3, -0.25) is 14.4 Å². The first kappa shape index (κ1) is 25.4. The third-order valence-corrected chi connectivity index (χ3v) is 6.46. The molecule has 5 atom stereocenters. The van der Waals surface area contributed by atoms with E-state index in [1.807, 2.05) is 0 Å². The second-order valence-electron chi connectivity index (χ2n) is 8.92. The van der Waals surface area contributed by atoms with Gasteiger partial charge >= 0.3 is 5.97 Å². The Morgan fingerprint density at radius 3 is 2.24 bits per heavy atom. The topological polar surface area (TPSA) is 174 Å². The zero-order valence-corrected chi connectivity index (χ0v) is 19.1. The molecule has 0 aliphatic carbocycles. The normalized spacial score (nSPS) is 22.8. The molecule has 11 nitrogen and oxygen atoms in total. The van der Waals surface area contributed by atoms with Crippen molar-refractivity contribution in [3.05, 3.63) is 29.8 Å². The van der Waals surface area contributed by atoms with E-state index in [4.69, 9.17) is 5.73 Å². The number of carboxylic acid groups (broad SMARTS) is 1. The van der Waals surface area contributed by atoms with Gasteiger partial charge in [-0.05, 0) is 50.3 Å². The molecule has 34 heavy (non-hydrogen) atoms. The summed E-state index contributed by atoms with van der Waals surface area (Å²) in [5, 5.41) is 31.3. The van der Waals surface area contributed by atoms with Gasteiger partial charge in [-0.15, -0.1) is 0 Å². The summed E-state index contributed by atoms with van der Waals surface area (Å²) < 4.78 is 0. The minimum Gasteiger partial charge on any atom is -0.508 e. The molecule has 0 saturated carbocycles. The lowest BCUT2D eigenvalue weighted by atomic mass is 10.0. The zero-order valence-electron chi connectivity index (χ0n) is 19.1. The summed E-state index contributed by atoms with van der Waals surface area (Å²) in [5.41, 5.74) is 6.40. The fraction of sp³-hybridized carbons (Fsp3) is 0.565. The Hall–Kier alpha value is -3.18. The Labute approximate surface area is 197 Å². The van der Waals surface area contributed by atoms with Crippen LogP contribution in [-0.4, -0.2) is 92.2 Å². The maximum atomic E-state index is 13.6. The van der Waals surface area contributed by atoms with Crippen LogP contribution in [-0.2, 0) is 25.6 Å². The van der Waals surface area contributed by atoms with Crippen molar-refractivity contribution in [1.29, 1.82) is 0 Å². The first-order valence-corrected chi connectivity index (χ1v) is 11.5. The van der Waals surface area contributed by atoms with E-state index in [0.29, 0.717) is 44.3 Å². The number of nitrogens with zero attached hydrogens (tertiary/aromatic N) is 2. The molecule has 2 aliphatic rings. The second kappa shape index (κ2) is 10.8. The van der Waals surface area contributed by atoms with Crippen molar-refractivity contribution in [1.82, 2.24) is 15.1 Å². The maximum absolute atomic E-state index is 13.6. The van der Waals surface area contributed by atoms with Crippen LogP contribution in [0.1, 0.15) is 38.2 Å². The number of carbonyl (C=O) groups excluding carboxylic acids is 3. The lowest BCUT2D eigenvalue weighted by Gasteiger charge is -2.32. The van der Waals surface area contributed by atoms with Crippen LogP contribution >= 0.6 is 0 Å². The number of carbonyl (C=O) groups is 4. The molecular formula is C23H32N4O7. The summed E-state index contributed by atoms with van der Waals surface area (Å²) in [6.07, 6.45) is 0.879. The van der Waals surface area contributed by atoms with Gasteiger partial charge in [0.2, 0.25) is 17.7 Å². The van der Waals surface area contributed by atoms with Crippen LogP contribution in [0.4, 0.5) is 0 Å². The van der Waals surface area contributed by atoms with Crippen LogP contribution in [0.25, 0.3) is 0 Å². The minimum atomic E-state index is -1.24. The Morgan fingerprint density at radius 2 is 1.65 bits per heavy atom. The number of aliphatic carboxylic acids is 1. The summed E-state index contributed by atoms with van der Waals surface area (Å²) in [7, 11) is 0. The number of nitrogens with two attached hydrogens (primary N) is 1. The average molecular weight is 477 g/mol. The Kier molecular flexibility index (Phi) is 8.11. The number of rotatable bonds is 8. The number of aromatic hydroxyl groups is 1. The summed E-state index contributed by atoms with van der Waals surface area (Å²) >= 11 is 0. The van der Waals surface area contributed by atoms with Crippen LogP contribution < -0.4 is 11.1 Å². The van der Waals surface area contributed by atoms with E-state index >= 15 is 0 Å². The number of benzene rings is 1. The fourth-order valence-electron chi connectivity index (χ4n) is 4.52. The highest BCUT2D eigenvalue weighted by Crippen LogP contribution is 2.26. The molecule has 11 heteroatoms. The van der Waals surface area contributed by atoms with E-state index in [2.05, 4.69) is 5.32 Å². The Balaban J connectivity index is 1.81. The number of phenolic OH excluding ortho intramolecular Hbond substituents is 1. The molecule has 0 aromatic heterocycles. The molecule has 2 heterocycles. The van der Waals surface area contributed by atoms with Crippen LogP contribution in [0.3, 0.4) is 0 Å². The van der Waals surface area contributed by atoms with Gasteiger partial charge in [0.1, 0.15) is 29.9 Å². The summed E-state index contributed by atoms with van der Waals surface area (Å²) in [6.45, 7) is 1.99. The Morgan fingerprint density at radius 1 is 1.06 bits per heavy atom. The van der Waals surface area contributed by atoms with Crippen molar-refractivity contribution in [2.24, 2.45) is 5.73 Å². The molecular weight excluding hydrogens is 444 g/mol. The number of hydrogen-bond acceptors (Lipinski definition) is 7. The smallest absolute Gasteiger partial charge is 0.326 e. The fourth-order valence-corrected chi connectivity index (χ4v) is 4.52. The summed E-state index contributed by atoms with van der Waals surface area (Å²) in [5.74, 6) is -2.60. The maximum Gasteiger partial charge on any atom is 0.326 e. The molecule has 3 rings (SSSR count). The Bertz CT molecular complexity index is 920. The molecule has 5 unspecified atom stereocenters. The molecule has 3 amide bonds. The number of nitrogens with one attached hydrogen (secondary N) is 1. The quantitative estimate of drug-likeness (QED) is 0.324. The van der Waals surface area contributed by atoms with Crippen molar-refractivity contribution in [2.45, 2.75) is 69.3 Å². The molecule has 2 saturated heterocycles. The van der Waals surface area contributed by atoms with Crippen LogP contribution in [0.15, 0.2) is 24.3 Å². The lowest BCUT2D eigenvalue weighted by Crippen LogP contribution is -2.58. The third-order valence-electron chi connectivity index (χ3n) is 6.46. The van der Waals surface area contributed by atoms with Gasteiger partial charge < -0.3 is 36.2 Å². The van der Waals surface area contributed by atoms with Crippen molar-refractivity contribution in [3.63, 3.8) is 0 Å². The van der Waals surface area contributed by atoms with Gasteiger partial charge in [-0.2, -0.15) is 0 Å². The molecule has 1 aromatic carbocycles. The molecule has 2 aliphatic heterocycles. The number of aliphatic hydroxyl groups excluding tert-OH is 1. The van der Waals surface area contributed by atoms with Crippen molar-refractivity contribution >= 4 is 23.7 Å². The molecule has 6 N–H and O–H groups in total. The number of carboxylic acids is 1. The van der Waals surface area contributed by atoms with Gasteiger partial charge in [0, 0.05) is 19.5 Å². The molecule has 0 spiro atoms. The largest absolute Gasteiger partial charge is 0.508 e. The van der Waals surface area contributed by atoms with Crippen LogP contribution in [0, 0.1) is 0 Å². The number of amides is 3. The van der Waals surface area contributed by atoms with Crippen molar-refractivity contribution in [2.75, 3.05) is 13.1 Å². The van der Waals surface area contributed by atoms with Crippen LogP contribution in [0.2, 0.25) is 0 Å². The van der Waals surface area contributed by atoms with E-state index < -0.39 is 54.0 Å². The molecule has 1 aromatic rings.